The number of nitrogens with zero attached hydrogens (tertiary/aromatic N) is 2. The zero-order chi connectivity index (χ0) is 18.1. The maximum Gasteiger partial charge on any atom is 0.251 e. The zero-order valence-corrected chi connectivity index (χ0v) is 15.5. The lowest BCUT2D eigenvalue weighted by Gasteiger charge is -2.33. The number of rotatable bonds is 6. The lowest BCUT2D eigenvalue weighted by atomic mass is 10.0. The number of hydrogen-bond donors (Lipinski definition) is 2. The summed E-state index contributed by atoms with van der Waals surface area (Å²) >= 11 is 0. The second-order valence-electron chi connectivity index (χ2n) is 6.42. The van der Waals surface area contributed by atoms with Crippen molar-refractivity contribution in [3.63, 3.8) is 0 Å². The molecule has 0 saturated carbocycles. The smallest absolute Gasteiger partial charge is 0.251 e. The first-order valence-corrected chi connectivity index (χ1v) is 9.09. The molecule has 1 unspecified atom stereocenters. The molecule has 0 radical (unpaired) electrons. The Kier molecular flexibility index (Phi) is 7.57. The quantitative estimate of drug-likeness (QED) is 0.470. The molecule has 0 aromatic heterocycles. The van der Waals surface area contributed by atoms with Crippen molar-refractivity contribution in [3.05, 3.63) is 29.8 Å². The molecule has 1 aromatic carbocycles. The molecule has 0 bridgehead atoms. The maximum absolute atomic E-state index is 12.2. The van der Waals surface area contributed by atoms with E-state index in [0.717, 1.165) is 25.6 Å². The van der Waals surface area contributed by atoms with E-state index in [4.69, 9.17) is 4.74 Å². The minimum Gasteiger partial charge on any atom is -0.497 e. The molecule has 1 heterocycles. The van der Waals surface area contributed by atoms with Gasteiger partial charge in [0.25, 0.3) is 5.91 Å². The van der Waals surface area contributed by atoms with Crippen molar-refractivity contribution in [2.24, 2.45) is 10.9 Å². The Morgan fingerprint density at radius 1 is 1.40 bits per heavy atom. The van der Waals surface area contributed by atoms with Gasteiger partial charge in [0.1, 0.15) is 5.75 Å². The van der Waals surface area contributed by atoms with Crippen LogP contribution in [0.1, 0.15) is 37.0 Å². The van der Waals surface area contributed by atoms with Crippen LogP contribution < -0.4 is 15.4 Å². The van der Waals surface area contributed by atoms with E-state index in [-0.39, 0.29) is 5.91 Å². The van der Waals surface area contributed by atoms with E-state index < -0.39 is 0 Å². The average Bonchev–Trinajstić information content (AvgIpc) is 2.64. The number of guanidine groups is 1. The van der Waals surface area contributed by atoms with Crippen LogP contribution in [0.2, 0.25) is 0 Å². The van der Waals surface area contributed by atoms with Crippen molar-refractivity contribution < 1.29 is 9.53 Å². The summed E-state index contributed by atoms with van der Waals surface area (Å²) in [5, 5.41) is 6.27. The average molecular weight is 346 g/mol. The fourth-order valence-electron chi connectivity index (χ4n) is 3.01. The van der Waals surface area contributed by atoms with E-state index in [9.17, 15) is 4.79 Å². The van der Waals surface area contributed by atoms with E-state index in [1.54, 1.807) is 19.2 Å². The van der Waals surface area contributed by atoms with Crippen LogP contribution in [0, 0.1) is 5.92 Å². The minimum absolute atomic E-state index is 0.106. The van der Waals surface area contributed by atoms with Crippen molar-refractivity contribution in [1.82, 2.24) is 15.5 Å². The Morgan fingerprint density at radius 2 is 2.24 bits per heavy atom. The molecule has 1 atom stereocenters. The standard InChI is InChI=1S/C19H30N4O2/c1-4-20-19(23-12-6-7-15(2)14-23)22-11-10-21-18(24)16-8-5-9-17(13-16)25-3/h5,8-9,13,15H,4,6-7,10-12,14H2,1-3H3,(H,20,22)(H,21,24). The van der Waals surface area contributed by atoms with Gasteiger partial charge in [-0.2, -0.15) is 0 Å². The zero-order valence-electron chi connectivity index (χ0n) is 15.5. The van der Waals surface area contributed by atoms with E-state index in [0.29, 0.717) is 30.3 Å². The molecule has 138 valence electrons. The summed E-state index contributed by atoms with van der Waals surface area (Å²) in [5.74, 6) is 2.22. The van der Waals surface area contributed by atoms with Crippen molar-refractivity contribution in [2.45, 2.75) is 26.7 Å². The van der Waals surface area contributed by atoms with Gasteiger partial charge in [0, 0.05) is 31.7 Å². The number of nitrogens with one attached hydrogen (secondary N) is 2. The summed E-state index contributed by atoms with van der Waals surface area (Å²) in [4.78, 5) is 19.2. The van der Waals surface area contributed by atoms with E-state index in [1.807, 2.05) is 12.1 Å². The number of carbonyl (C=O) groups excluding carboxylic acids is 1. The van der Waals surface area contributed by atoms with Gasteiger partial charge in [0.15, 0.2) is 5.96 Å². The van der Waals surface area contributed by atoms with Gasteiger partial charge in [-0.1, -0.05) is 13.0 Å². The van der Waals surface area contributed by atoms with Gasteiger partial charge in [-0.05, 0) is 43.9 Å². The Hall–Kier alpha value is -2.24. The molecule has 2 rings (SSSR count). The molecule has 1 saturated heterocycles. The van der Waals surface area contributed by atoms with Crippen LogP contribution in [0.15, 0.2) is 29.3 Å². The number of carbonyl (C=O) groups is 1. The number of amides is 1. The van der Waals surface area contributed by atoms with Crippen LogP contribution in [-0.4, -0.2) is 56.6 Å². The number of aliphatic imine (C=N–C) groups is 1. The number of ether oxygens (including phenoxy) is 1. The first-order chi connectivity index (χ1) is 12.1. The molecule has 0 aliphatic carbocycles. The highest BCUT2D eigenvalue weighted by Gasteiger charge is 2.18. The highest BCUT2D eigenvalue weighted by atomic mass is 16.5. The normalized spacial score (nSPS) is 18.0. The highest BCUT2D eigenvalue weighted by molar-refractivity contribution is 5.94. The molecular weight excluding hydrogens is 316 g/mol. The summed E-state index contributed by atoms with van der Waals surface area (Å²) in [7, 11) is 1.59. The third-order valence-electron chi connectivity index (χ3n) is 4.28. The Morgan fingerprint density at radius 3 is 2.96 bits per heavy atom. The van der Waals surface area contributed by atoms with Crippen LogP contribution in [0.5, 0.6) is 5.75 Å². The molecular formula is C19H30N4O2. The van der Waals surface area contributed by atoms with E-state index in [2.05, 4.69) is 34.4 Å². The second kappa shape index (κ2) is 9.91. The third kappa shape index (κ3) is 5.96. The molecule has 1 fully saturated rings. The van der Waals surface area contributed by atoms with Crippen molar-refractivity contribution in [3.8, 4) is 5.75 Å². The van der Waals surface area contributed by atoms with Gasteiger partial charge in [0.05, 0.1) is 13.7 Å². The number of piperidine rings is 1. The summed E-state index contributed by atoms with van der Waals surface area (Å²) in [6.07, 6.45) is 2.49. The second-order valence-corrected chi connectivity index (χ2v) is 6.42. The first kappa shape index (κ1) is 19.1. The number of benzene rings is 1. The lowest BCUT2D eigenvalue weighted by molar-refractivity contribution is 0.0954. The molecule has 1 aliphatic heterocycles. The molecule has 6 heteroatoms. The van der Waals surface area contributed by atoms with Crippen LogP contribution in [0.4, 0.5) is 0 Å². The fraction of sp³-hybridized carbons (Fsp3) is 0.579. The monoisotopic (exact) mass is 346 g/mol. The van der Waals surface area contributed by atoms with E-state index >= 15 is 0 Å². The fourth-order valence-corrected chi connectivity index (χ4v) is 3.01. The topological polar surface area (TPSA) is 66.0 Å². The van der Waals surface area contributed by atoms with Crippen molar-refractivity contribution >= 4 is 11.9 Å². The first-order valence-electron chi connectivity index (χ1n) is 9.09. The van der Waals surface area contributed by atoms with Crippen LogP contribution in [-0.2, 0) is 0 Å². The molecule has 2 N–H and O–H groups in total. The largest absolute Gasteiger partial charge is 0.497 e. The molecule has 1 aliphatic rings. The van der Waals surface area contributed by atoms with Gasteiger partial charge in [-0.25, -0.2) is 0 Å². The van der Waals surface area contributed by atoms with Gasteiger partial charge in [-0.3, -0.25) is 9.79 Å². The van der Waals surface area contributed by atoms with Gasteiger partial charge < -0.3 is 20.3 Å². The summed E-state index contributed by atoms with van der Waals surface area (Å²) < 4.78 is 5.15. The van der Waals surface area contributed by atoms with Gasteiger partial charge in [-0.15, -0.1) is 0 Å². The predicted octanol–water partition coefficient (Wildman–Crippen LogP) is 2.12. The summed E-state index contributed by atoms with van der Waals surface area (Å²) in [6.45, 7) is 8.36. The lowest BCUT2D eigenvalue weighted by Crippen LogP contribution is -2.46. The van der Waals surface area contributed by atoms with Crippen LogP contribution in [0.25, 0.3) is 0 Å². The summed E-state index contributed by atoms with van der Waals surface area (Å²) in [6, 6.07) is 7.15. The van der Waals surface area contributed by atoms with Crippen LogP contribution >= 0.6 is 0 Å². The summed E-state index contributed by atoms with van der Waals surface area (Å²) in [5.41, 5.74) is 0.597. The predicted molar refractivity (Wildman–Crippen MR) is 101 cm³/mol. The maximum atomic E-state index is 12.2. The van der Waals surface area contributed by atoms with Crippen molar-refractivity contribution in [2.75, 3.05) is 39.8 Å². The Bertz CT molecular complexity index is 589. The molecule has 1 aromatic rings. The van der Waals surface area contributed by atoms with Gasteiger partial charge in [0.2, 0.25) is 0 Å². The Labute approximate surface area is 150 Å². The third-order valence-corrected chi connectivity index (χ3v) is 4.28. The van der Waals surface area contributed by atoms with Crippen molar-refractivity contribution in [1.29, 1.82) is 0 Å². The molecule has 6 nitrogen and oxygen atoms in total. The van der Waals surface area contributed by atoms with Crippen LogP contribution in [0.3, 0.4) is 0 Å². The SMILES string of the molecule is CCNC(=NCCNC(=O)c1cccc(OC)c1)N1CCCC(C)C1. The number of likely N-dealkylation sites (tertiary alicyclic amines) is 1. The minimum atomic E-state index is -0.106. The molecule has 25 heavy (non-hydrogen) atoms. The van der Waals surface area contributed by atoms with E-state index in [1.165, 1.54) is 12.8 Å². The molecule has 1 amide bonds. The Balaban J connectivity index is 1.85. The molecule has 0 spiro atoms. The van der Waals surface area contributed by atoms with Gasteiger partial charge >= 0.3 is 0 Å². The number of methoxy groups -OCH3 is 1. The number of hydrogen-bond acceptors (Lipinski definition) is 3. The highest BCUT2D eigenvalue weighted by Crippen LogP contribution is 2.15.